The molecule has 0 unspecified atom stereocenters. The van der Waals surface area contributed by atoms with Crippen molar-refractivity contribution in [1.82, 2.24) is 0 Å². The fraction of sp³-hybridized carbons (Fsp3) is 1.00. The van der Waals surface area contributed by atoms with Crippen LogP contribution in [0.4, 0.5) is 26.3 Å². The van der Waals surface area contributed by atoms with E-state index in [-0.39, 0.29) is 19.5 Å². The van der Waals surface area contributed by atoms with Gasteiger partial charge in [-0.05, 0) is 0 Å². The number of hydrogen-bond acceptors (Lipinski definition) is 6. The third-order valence-corrected chi connectivity index (χ3v) is 1.70. The first-order valence-corrected chi connectivity index (χ1v) is 5.36. The van der Waals surface area contributed by atoms with Crippen LogP contribution in [0.3, 0.4) is 0 Å². The van der Waals surface area contributed by atoms with Crippen LogP contribution < -0.4 is 0 Å². The molecule has 0 aromatic rings. The molecule has 0 atom stereocenters. The summed E-state index contributed by atoms with van der Waals surface area (Å²) in [5.74, 6) is 0. The van der Waals surface area contributed by atoms with Crippen molar-refractivity contribution >= 4 is 20.2 Å². The minimum atomic E-state index is -6.09. The van der Waals surface area contributed by atoms with Gasteiger partial charge in [0.2, 0.25) is 0 Å². The van der Waals surface area contributed by atoms with Crippen LogP contribution in [-0.4, -0.2) is 37.0 Å². The minimum absolute atomic E-state index is 0. The molecule has 17 heavy (non-hydrogen) atoms. The van der Waals surface area contributed by atoms with E-state index in [0.29, 0.717) is 0 Å². The molecule has 0 rings (SSSR count). The van der Waals surface area contributed by atoms with E-state index in [9.17, 15) is 26.3 Å². The molecule has 6 nitrogen and oxygen atoms in total. The molecular formula is C2F6O6RhS2. The van der Waals surface area contributed by atoms with Gasteiger partial charge in [0, 0.05) is 0 Å². The summed E-state index contributed by atoms with van der Waals surface area (Å²) in [4.78, 5) is 0. The fourth-order valence-electron chi connectivity index (χ4n) is 0. The van der Waals surface area contributed by atoms with Crippen LogP contribution >= 0.6 is 0 Å². The van der Waals surface area contributed by atoms with Gasteiger partial charge in [-0.1, -0.05) is 0 Å². The Kier molecular flexibility index (Phi) is 8.19. The van der Waals surface area contributed by atoms with E-state index in [4.69, 9.17) is 25.9 Å². The number of rotatable bonds is 0. The predicted octanol–water partition coefficient (Wildman–Crippen LogP) is 0.100. The summed E-state index contributed by atoms with van der Waals surface area (Å²) in [5.41, 5.74) is -11.3. The van der Waals surface area contributed by atoms with Gasteiger partial charge >= 0.3 is 30.5 Å². The second kappa shape index (κ2) is 6.27. The van der Waals surface area contributed by atoms with Crippen molar-refractivity contribution in [3.05, 3.63) is 0 Å². The van der Waals surface area contributed by atoms with Crippen molar-refractivity contribution in [2.45, 2.75) is 11.0 Å². The molecule has 15 heteroatoms. The first kappa shape index (κ1) is 22.2. The van der Waals surface area contributed by atoms with Crippen LogP contribution in [0.25, 0.3) is 0 Å². The van der Waals surface area contributed by atoms with E-state index < -0.39 is 31.3 Å². The number of halogens is 6. The molecule has 0 aliphatic heterocycles. The fourth-order valence-corrected chi connectivity index (χ4v) is 0. The molecule has 0 N–H and O–H groups in total. The maximum Gasteiger partial charge on any atom is 2.00 e. The van der Waals surface area contributed by atoms with Gasteiger partial charge in [0.25, 0.3) is 0 Å². The Hall–Kier alpha value is 0.0234. The molecule has 0 amide bonds. The summed E-state index contributed by atoms with van der Waals surface area (Å²) in [6.07, 6.45) is 0. The molecule has 1 radical (unpaired) electrons. The van der Waals surface area contributed by atoms with Gasteiger partial charge in [-0.25, -0.2) is 16.8 Å². The normalized spacial score (nSPS) is 13.2. The van der Waals surface area contributed by atoms with Gasteiger partial charge < -0.3 is 9.11 Å². The molecule has 0 heterocycles. The maximum atomic E-state index is 10.7. The first-order valence-electron chi connectivity index (χ1n) is 2.54. The second-order valence-corrected chi connectivity index (χ2v) is 4.54. The van der Waals surface area contributed by atoms with Crippen molar-refractivity contribution in [1.29, 1.82) is 0 Å². The Bertz CT molecular complexity index is 374. The van der Waals surface area contributed by atoms with Crippen molar-refractivity contribution in [3.8, 4) is 0 Å². The second-order valence-electron chi connectivity index (χ2n) is 1.80. The van der Waals surface area contributed by atoms with E-state index in [2.05, 4.69) is 0 Å². The predicted molar refractivity (Wildman–Crippen MR) is 31.5 cm³/mol. The summed E-state index contributed by atoms with van der Waals surface area (Å²) in [7, 11) is -12.2. The number of hydrogen-bond donors (Lipinski definition) is 0. The average molecular weight is 401 g/mol. The van der Waals surface area contributed by atoms with E-state index >= 15 is 0 Å². The largest absolute Gasteiger partial charge is 2.00 e. The van der Waals surface area contributed by atoms with Gasteiger partial charge in [-0.2, -0.15) is 26.3 Å². The Morgan fingerprint density at radius 3 is 0.706 bits per heavy atom. The SMILES string of the molecule is O=S(=O)([O-])C(F)(F)F.O=S(=O)([O-])C(F)(F)F.[Rh+2]. The zero-order chi connectivity index (χ0) is 14.0. The molecule has 0 spiro atoms. The van der Waals surface area contributed by atoms with Gasteiger partial charge in [-0.3, -0.25) is 0 Å². The average Bonchev–Trinajstić information content (AvgIpc) is 1.77. The Balaban J connectivity index is -0.000000218. The third-order valence-electron chi connectivity index (χ3n) is 0.567. The Morgan fingerprint density at radius 2 is 0.706 bits per heavy atom. The standard InChI is InChI=1S/2CHF3O3S.Rh/c2*2-1(3,4)8(5,6)7;/h2*(H,5,6,7);/q;;+2/p-2. The first-order chi connectivity index (χ1) is 6.50. The van der Waals surface area contributed by atoms with Crippen LogP contribution in [0, 0.1) is 0 Å². The molecule has 0 aliphatic carbocycles. The van der Waals surface area contributed by atoms with Crippen molar-refractivity contribution in [3.63, 3.8) is 0 Å². The van der Waals surface area contributed by atoms with Gasteiger partial charge in [0.15, 0.2) is 20.2 Å². The van der Waals surface area contributed by atoms with Crippen molar-refractivity contribution in [2.75, 3.05) is 0 Å². The van der Waals surface area contributed by atoms with Crippen LogP contribution in [0.15, 0.2) is 0 Å². The van der Waals surface area contributed by atoms with E-state index in [1.165, 1.54) is 0 Å². The molecule has 107 valence electrons. The summed E-state index contributed by atoms with van der Waals surface area (Å²) < 4.78 is 118. The Labute approximate surface area is 103 Å². The van der Waals surface area contributed by atoms with Crippen molar-refractivity contribution in [2.24, 2.45) is 0 Å². The van der Waals surface area contributed by atoms with Crippen LogP contribution in [0.1, 0.15) is 0 Å². The number of alkyl halides is 6. The summed E-state index contributed by atoms with van der Waals surface area (Å²) in [5, 5.41) is 0. The monoisotopic (exact) mass is 401 g/mol. The molecule has 0 aromatic heterocycles. The van der Waals surface area contributed by atoms with E-state index in [1.54, 1.807) is 0 Å². The Morgan fingerprint density at radius 1 is 0.647 bits per heavy atom. The maximum absolute atomic E-state index is 10.7. The van der Waals surface area contributed by atoms with Gasteiger partial charge in [-0.15, -0.1) is 0 Å². The molecule has 0 fully saturated rings. The molecular weight excluding hydrogens is 401 g/mol. The van der Waals surface area contributed by atoms with Crippen molar-refractivity contribution < 1.29 is 71.8 Å². The summed E-state index contributed by atoms with van der Waals surface area (Å²) in [6.45, 7) is 0. The summed E-state index contributed by atoms with van der Waals surface area (Å²) in [6, 6.07) is 0. The smallest absolute Gasteiger partial charge is 0.741 e. The van der Waals surface area contributed by atoms with Gasteiger partial charge in [0.05, 0.1) is 0 Å². The van der Waals surface area contributed by atoms with Gasteiger partial charge in [0.1, 0.15) is 0 Å². The van der Waals surface area contributed by atoms with Crippen LogP contribution in [0.5, 0.6) is 0 Å². The molecule has 0 aliphatic rings. The van der Waals surface area contributed by atoms with Crippen LogP contribution in [0.2, 0.25) is 0 Å². The quantitative estimate of drug-likeness (QED) is 0.246. The van der Waals surface area contributed by atoms with Crippen LogP contribution in [-0.2, 0) is 39.7 Å². The molecule has 0 saturated carbocycles. The summed E-state index contributed by atoms with van der Waals surface area (Å²) >= 11 is 0. The minimum Gasteiger partial charge on any atom is -0.741 e. The molecule has 0 aromatic carbocycles. The zero-order valence-corrected chi connectivity index (χ0v) is 10.1. The third kappa shape index (κ3) is 9.70. The van der Waals surface area contributed by atoms with E-state index in [0.717, 1.165) is 0 Å². The van der Waals surface area contributed by atoms with E-state index in [1.807, 2.05) is 0 Å². The molecule has 0 saturated heterocycles. The topological polar surface area (TPSA) is 114 Å². The molecule has 0 bridgehead atoms. The zero-order valence-electron chi connectivity index (χ0n) is 6.87.